The molecular formula is C27H34N2O4. The fourth-order valence-corrected chi connectivity index (χ4v) is 3.92. The van der Waals surface area contributed by atoms with E-state index in [1.807, 2.05) is 80.3 Å². The van der Waals surface area contributed by atoms with Crippen molar-refractivity contribution < 1.29 is 19.1 Å². The summed E-state index contributed by atoms with van der Waals surface area (Å²) in [7, 11) is 1.61. The molecule has 0 aromatic heterocycles. The van der Waals surface area contributed by atoms with Gasteiger partial charge in [-0.25, -0.2) is 0 Å². The number of nitrogens with zero attached hydrogens (tertiary/aromatic N) is 1. The zero-order valence-corrected chi connectivity index (χ0v) is 19.9. The van der Waals surface area contributed by atoms with E-state index in [2.05, 4.69) is 5.32 Å². The van der Waals surface area contributed by atoms with Crippen LogP contribution in [0.2, 0.25) is 0 Å². The molecule has 2 amide bonds. The van der Waals surface area contributed by atoms with E-state index in [4.69, 9.17) is 9.47 Å². The predicted molar refractivity (Wildman–Crippen MR) is 130 cm³/mol. The highest BCUT2D eigenvalue weighted by Gasteiger charge is 2.27. The van der Waals surface area contributed by atoms with Gasteiger partial charge in [-0.1, -0.05) is 36.4 Å². The molecule has 2 aromatic rings. The quantitative estimate of drug-likeness (QED) is 0.597. The molecule has 0 spiro atoms. The minimum atomic E-state index is -0.159. The van der Waals surface area contributed by atoms with Crippen LogP contribution in [-0.2, 0) is 9.59 Å². The molecule has 6 heteroatoms. The van der Waals surface area contributed by atoms with Crippen LogP contribution in [0.3, 0.4) is 0 Å². The maximum atomic E-state index is 12.9. The van der Waals surface area contributed by atoms with Gasteiger partial charge >= 0.3 is 0 Å². The van der Waals surface area contributed by atoms with Gasteiger partial charge in [0.1, 0.15) is 0 Å². The van der Waals surface area contributed by atoms with Crippen LogP contribution in [0.1, 0.15) is 50.8 Å². The summed E-state index contributed by atoms with van der Waals surface area (Å²) >= 11 is 0. The third-order valence-corrected chi connectivity index (χ3v) is 5.80. The number of methoxy groups -OCH3 is 1. The molecule has 1 saturated heterocycles. The summed E-state index contributed by atoms with van der Waals surface area (Å²) in [6, 6.07) is 15.3. The molecule has 176 valence electrons. The average Bonchev–Trinajstić information content (AvgIpc) is 2.83. The second-order valence-electron chi connectivity index (χ2n) is 8.65. The Morgan fingerprint density at radius 1 is 1.03 bits per heavy atom. The van der Waals surface area contributed by atoms with Gasteiger partial charge in [-0.3, -0.25) is 9.59 Å². The van der Waals surface area contributed by atoms with Gasteiger partial charge in [0.05, 0.1) is 19.3 Å². The standard InChI is InChI=1S/C27H34N2O4/c1-19(2)33-24-12-11-23(18-25(24)32-4)20(3)28-27(31)22-14-16-29(17-15-22)26(30)13-10-21-8-6-5-7-9-21/h5-13,18-20,22H,14-17H2,1-4H3,(H,28,31)/b13-10+. The van der Waals surface area contributed by atoms with Crippen molar-refractivity contribution in [3.8, 4) is 11.5 Å². The van der Waals surface area contributed by atoms with Gasteiger partial charge in [-0.05, 0) is 62.9 Å². The third kappa shape index (κ3) is 6.85. The van der Waals surface area contributed by atoms with Gasteiger partial charge in [0.15, 0.2) is 11.5 Å². The van der Waals surface area contributed by atoms with Crippen molar-refractivity contribution in [1.29, 1.82) is 0 Å². The van der Waals surface area contributed by atoms with E-state index in [-0.39, 0.29) is 29.9 Å². The molecule has 6 nitrogen and oxygen atoms in total. The molecule has 1 heterocycles. The first-order valence-electron chi connectivity index (χ1n) is 11.5. The molecule has 33 heavy (non-hydrogen) atoms. The van der Waals surface area contributed by atoms with Crippen molar-refractivity contribution in [3.05, 3.63) is 65.7 Å². The highest BCUT2D eigenvalue weighted by atomic mass is 16.5. The van der Waals surface area contributed by atoms with E-state index in [0.717, 1.165) is 11.1 Å². The molecule has 0 bridgehead atoms. The molecule has 1 atom stereocenters. The fraction of sp³-hybridized carbons (Fsp3) is 0.407. The Morgan fingerprint density at radius 2 is 1.73 bits per heavy atom. The highest BCUT2D eigenvalue weighted by Crippen LogP contribution is 2.31. The first kappa shape index (κ1) is 24.4. The molecule has 1 fully saturated rings. The zero-order valence-electron chi connectivity index (χ0n) is 19.9. The van der Waals surface area contributed by atoms with Crippen LogP contribution >= 0.6 is 0 Å². The zero-order chi connectivity index (χ0) is 23.8. The molecular weight excluding hydrogens is 416 g/mol. The van der Waals surface area contributed by atoms with E-state index >= 15 is 0 Å². The molecule has 1 aliphatic rings. The van der Waals surface area contributed by atoms with Gasteiger partial charge in [0.2, 0.25) is 11.8 Å². The molecule has 1 aliphatic heterocycles. The van der Waals surface area contributed by atoms with Crippen molar-refractivity contribution in [3.63, 3.8) is 0 Å². The minimum absolute atomic E-state index is 0.0121. The number of ether oxygens (including phenoxy) is 2. The third-order valence-electron chi connectivity index (χ3n) is 5.80. The number of hydrogen-bond acceptors (Lipinski definition) is 4. The normalized spacial score (nSPS) is 15.5. The number of carbonyl (C=O) groups is 2. The van der Waals surface area contributed by atoms with E-state index < -0.39 is 0 Å². The van der Waals surface area contributed by atoms with Gasteiger partial charge in [-0.2, -0.15) is 0 Å². The number of benzene rings is 2. The second-order valence-corrected chi connectivity index (χ2v) is 8.65. The van der Waals surface area contributed by atoms with Crippen LogP contribution in [0, 0.1) is 5.92 Å². The number of likely N-dealkylation sites (tertiary alicyclic amines) is 1. The monoisotopic (exact) mass is 450 g/mol. The lowest BCUT2D eigenvalue weighted by Gasteiger charge is -2.31. The van der Waals surface area contributed by atoms with Gasteiger partial charge in [0, 0.05) is 25.1 Å². The lowest BCUT2D eigenvalue weighted by molar-refractivity contribution is -0.132. The van der Waals surface area contributed by atoms with E-state index in [0.29, 0.717) is 37.4 Å². The first-order valence-corrected chi connectivity index (χ1v) is 11.5. The van der Waals surface area contributed by atoms with E-state index in [1.54, 1.807) is 13.2 Å². The lowest BCUT2D eigenvalue weighted by atomic mass is 9.95. The van der Waals surface area contributed by atoms with Gasteiger partial charge < -0.3 is 19.7 Å². The van der Waals surface area contributed by atoms with Crippen molar-refractivity contribution in [2.45, 2.75) is 45.8 Å². The van der Waals surface area contributed by atoms with Crippen molar-refractivity contribution in [1.82, 2.24) is 10.2 Å². The van der Waals surface area contributed by atoms with Crippen molar-refractivity contribution >= 4 is 17.9 Å². The summed E-state index contributed by atoms with van der Waals surface area (Å²) in [5.74, 6) is 1.25. The molecule has 1 unspecified atom stereocenters. The molecule has 0 radical (unpaired) electrons. The Balaban J connectivity index is 1.51. The number of rotatable bonds is 8. The summed E-state index contributed by atoms with van der Waals surface area (Å²) in [4.78, 5) is 27.1. The van der Waals surface area contributed by atoms with Crippen LogP contribution in [0.5, 0.6) is 11.5 Å². The SMILES string of the molecule is COc1cc(C(C)NC(=O)C2CCN(C(=O)/C=C/c3ccccc3)CC2)ccc1OC(C)C. The van der Waals surface area contributed by atoms with E-state index in [1.165, 1.54) is 0 Å². The van der Waals surface area contributed by atoms with Crippen LogP contribution < -0.4 is 14.8 Å². The number of carbonyl (C=O) groups excluding carboxylic acids is 2. The summed E-state index contributed by atoms with van der Waals surface area (Å²) in [5.41, 5.74) is 1.95. The molecule has 0 saturated carbocycles. The van der Waals surface area contributed by atoms with Crippen LogP contribution in [0.4, 0.5) is 0 Å². The summed E-state index contributed by atoms with van der Waals surface area (Å²) in [5, 5.41) is 3.12. The Hall–Kier alpha value is -3.28. The predicted octanol–water partition coefficient (Wildman–Crippen LogP) is 4.61. The molecule has 2 aromatic carbocycles. The van der Waals surface area contributed by atoms with Crippen molar-refractivity contribution in [2.24, 2.45) is 5.92 Å². The average molecular weight is 451 g/mol. The second kappa shape index (κ2) is 11.5. The maximum absolute atomic E-state index is 12.9. The summed E-state index contributed by atoms with van der Waals surface area (Å²) in [6.07, 6.45) is 4.81. The smallest absolute Gasteiger partial charge is 0.246 e. The largest absolute Gasteiger partial charge is 0.493 e. The summed E-state index contributed by atoms with van der Waals surface area (Å²) in [6.45, 7) is 7.06. The Morgan fingerprint density at radius 3 is 2.36 bits per heavy atom. The molecule has 3 rings (SSSR count). The van der Waals surface area contributed by atoms with Crippen LogP contribution in [0.15, 0.2) is 54.6 Å². The molecule has 1 N–H and O–H groups in total. The lowest BCUT2D eigenvalue weighted by Crippen LogP contribution is -2.43. The van der Waals surface area contributed by atoms with Crippen LogP contribution in [-0.4, -0.2) is 43.0 Å². The minimum Gasteiger partial charge on any atom is -0.493 e. The summed E-state index contributed by atoms with van der Waals surface area (Å²) < 4.78 is 11.2. The van der Waals surface area contributed by atoms with E-state index in [9.17, 15) is 9.59 Å². The highest BCUT2D eigenvalue weighted by molar-refractivity contribution is 5.92. The van der Waals surface area contributed by atoms with Crippen LogP contribution in [0.25, 0.3) is 6.08 Å². The topological polar surface area (TPSA) is 67.9 Å². The van der Waals surface area contributed by atoms with Gasteiger partial charge in [-0.15, -0.1) is 0 Å². The molecule has 0 aliphatic carbocycles. The fourth-order valence-electron chi connectivity index (χ4n) is 3.92. The number of amides is 2. The van der Waals surface area contributed by atoms with Gasteiger partial charge in [0.25, 0.3) is 0 Å². The number of hydrogen-bond donors (Lipinski definition) is 1. The number of nitrogens with one attached hydrogen (secondary N) is 1. The first-order chi connectivity index (χ1) is 15.9. The van der Waals surface area contributed by atoms with Crippen molar-refractivity contribution in [2.75, 3.05) is 20.2 Å². The Bertz CT molecular complexity index is 963. The Labute approximate surface area is 196 Å². The Kier molecular flexibility index (Phi) is 8.52. The number of piperidine rings is 1. The maximum Gasteiger partial charge on any atom is 0.246 e.